The third-order valence-electron chi connectivity index (χ3n) is 3.35. The average Bonchev–Trinajstić information content (AvgIpc) is 2.34. The maximum absolute atomic E-state index is 11.1. The van der Waals surface area contributed by atoms with Crippen molar-refractivity contribution >= 4 is 17.3 Å². The van der Waals surface area contributed by atoms with E-state index >= 15 is 0 Å². The predicted octanol–water partition coefficient (Wildman–Crippen LogP) is 1.90. The quantitative estimate of drug-likeness (QED) is 0.665. The van der Waals surface area contributed by atoms with Crippen LogP contribution >= 0.6 is 0 Å². The molecular formula is C15H26N4O. The summed E-state index contributed by atoms with van der Waals surface area (Å²) < 4.78 is 0. The van der Waals surface area contributed by atoms with Crippen molar-refractivity contribution in [2.45, 2.75) is 39.8 Å². The van der Waals surface area contributed by atoms with E-state index in [0.29, 0.717) is 23.3 Å². The largest absolute Gasteiger partial charge is 0.397 e. The minimum absolute atomic E-state index is 0.430. The molecule has 5 heteroatoms. The van der Waals surface area contributed by atoms with Crippen molar-refractivity contribution in [2.24, 2.45) is 5.73 Å². The van der Waals surface area contributed by atoms with Crippen LogP contribution < -0.4 is 16.8 Å². The fraction of sp³-hybridized carbons (Fsp3) is 0.533. The average molecular weight is 278 g/mol. The number of hydrogen-bond acceptors (Lipinski definition) is 4. The summed E-state index contributed by atoms with van der Waals surface area (Å²) in [7, 11) is 0. The van der Waals surface area contributed by atoms with Crippen LogP contribution in [0.2, 0.25) is 0 Å². The van der Waals surface area contributed by atoms with Crippen LogP contribution in [0.4, 0.5) is 11.4 Å². The molecule has 20 heavy (non-hydrogen) atoms. The lowest BCUT2D eigenvalue weighted by Crippen LogP contribution is -2.40. The number of primary amides is 1. The molecule has 0 bridgehead atoms. The van der Waals surface area contributed by atoms with Gasteiger partial charge in [-0.1, -0.05) is 0 Å². The SMILES string of the molecule is CC(C)N(CCNc1ccc(C(N)=O)cc1N)C(C)C. The van der Waals surface area contributed by atoms with Crippen molar-refractivity contribution in [3.05, 3.63) is 23.8 Å². The fourth-order valence-electron chi connectivity index (χ4n) is 2.31. The highest BCUT2D eigenvalue weighted by Crippen LogP contribution is 2.19. The van der Waals surface area contributed by atoms with Gasteiger partial charge in [-0.25, -0.2) is 0 Å². The van der Waals surface area contributed by atoms with Gasteiger partial charge in [0.25, 0.3) is 0 Å². The molecule has 1 aromatic rings. The molecule has 5 nitrogen and oxygen atoms in total. The lowest BCUT2D eigenvalue weighted by atomic mass is 10.1. The van der Waals surface area contributed by atoms with E-state index in [-0.39, 0.29) is 0 Å². The van der Waals surface area contributed by atoms with Gasteiger partial charge in [-0.15, -0.1) is 0 Å². The molecule has 0 aliphatic rings. The van der Waals surface area contributed by atoms with E-state index in [4.69, 9.17) is 11.5 Å². The molecule has 0 heterocycles. The number of carbonyl (C=O) groups excluding carboxylic acids is 1. The molecule has 0 unspecified atom stereocenters. The Balaban J connectivity index is 2.60. The van der Waals surface area contributed by atoms with Crippen molar-refractivity contribution in [1.29, 1.82) is 0 Å². The zero-order chi connectivity index (χ0) is 15.3. The van der Waals surface area contributed by atoms with Gasteiger partial charge in [0.15, 0.2) is 0 Å². The van der Waals surface area contributed by atoms with Gasteiger partial charge >= 0.3 is 0 Å². The van der Waals surface area contributed by atoms with Crippen LogP contribution in [0.25, 0.3) is 0 Å². The molecule has 1 rings (SSSR count). The van der Waals surface area contributed by atoms with E-state index < -0.39 is 5.91 Å². The molecule has 0 fully saturated rings. The number of benzene rings is 1. The number of rotatable bonds is 7. The van der Waals surface area contributed by atoms with Crippen LogP contribution in [0.15, 0.2) is 18.2 Å². The summed E-state index contributed by atoms with van der Waals surface area (Å²) in [6.45, 7) is 10.5. The molecule has 0 spiro atoms. The monoisotopic (exact) mass is 278 g/mol. The number of carbonyl (C=O) groups is 1. The van der Waals surface area contributed by atoms with Crippen molar-refractivity contribution < 1.29 is 4.79 Å². The lowest BCUT2D eigenvalue weighted by molar-refractivity contribution is 0.100. The minimum atomic E-state index is -0.464. The minimum Gasteiger partial charge on any atom is -0.397 e. The van der Waals surface area contributed by atoms with E-state index in [9.17, 15) is 4.79 Å². The third-order valence-corrected chi connectivity index (χ3v) is 3.35. The number of nitrogens with two attached hydrogens (primary N) is 2. The van der Waals surface area contributed by atoms with Crippen LogP contribution in [0.1, 0.15) is 38.1 Å². The Morgan fingerprint density at radius 3 is 2.30 bits per heavy atom. The molecule has 0 saturated heterocycles. The molecular weight excluding hydrogens is 252 g/mol. The number of nitrogens with one attached hydrogen (secondary N) is 1. The Morgan fingerprint density at radius 2 is 1.85 bits per heavy atom. The van der Waals surface area contributed by atoms with Crippen LogP contribution in [0.3, 0.4) is 0 Å². The molecule has 0 aliphatic heterocycles. The second-order valence-corrected chi connectivity index (χ2v) is 5.52. The highest BCUT2D eigenvalue weighted by molar-refractivity contribution is 5.94. The maximum atomic E-state index is 11.1. The molecule has 0 atom stereocenters. The van der Waals surface area contributed by atoms with E-state index in [1.807, 2.05) is 0 Å². The van der Waals surface area contributed by atoms with Gasteiger partial charge < -0.3 is 16.8 Å². The summed E-state index contributed by atoms with van der Waals surface area (Å²) in [4.78, 5) is 13.5. The number of hydrogen-bond donors (Lipinski definition) is 3. The number of anilines is 2. The summed E-state index contributed by atoms with van der Waals surface area (Å²) in [5, 5.41) is 3.30. The Bertz CT molecular complexity index is 449. The van der Waals surface area contributed by atoms with Gasteiger partial charge in [0.2, 0.25) is 5.91 Å². The Hall–Kier alpha value is -1.75. The van der Waals surface area contributed by atoms with Gasteiger partial charge in [0.1, 0.15) is 0 Å². The van der Waals surface area contributed by atoms with Crippen molar-refractivity contribution in [3.8, 4) is 0 Å². The third kappa shape index (κ3) is 4.42. The van der Waals surface area contributed by atoms with Gasteiger partial charge in [-0.3, -0.25) is 9.69 Å². The first-order chi connectivity index (χ1) is 9.32. The summed E-state index contributed by atoms with van der Waals surface area (Å²) in [6, 6.07) is 6.10. The van der Waals surface area contributed by atoms with Crippen molar-refractivity contribution in [3.63, 3.8) is 0 Å². The van der Waals surface area contributed by atoms with E-state index in [2.05, 4.69) is 37.9 Å². The molecule has 0 saturated carbocycles. The first-order valence-corrected chi connectivity index (χ1v) is 7.02. The highest BCUT2D eigenvalue weighted by atomic mass is 16.1. The highest BCUT2D eigenvalue weighted by Gasteiger charge is 2.12. The van der Waals surface area contributed by atoms with E-state index in [0.717, 1.165) is 18.8 Å². The molecule has 0 aliphatic carbocycles. The van der Waals surface area contributed by atoms with Crippen LogP contribution in [0.5, 0.6) is 0 Å². The Kier molecular flexibility index (Phi) is 5.82. The molecule has 5 N–H and O–H groups in total. The summed E-state index contributed by atoms with van der Waals surface area (Å²) >= 11 is 0. The van der Waals surface area contributed by atoms with Crippen LogP contribution in [0, 0.1) is 0 Å². The summed E-state index contributed by atoms with van der Waals surface area (Å²) in [5.41, 5.74) is 12.9. The normalized spacial score (nSPS) is 11.3. The molecule has 1 aromatic carbocycles. The predicted molar refractivity (Wildman–Crippen MR) is 84.8 cm³/mol. The van der Waals surface area contributed by atoms with Crippen LogP contribution in [-0.2, 0) is 0 Å². The molecule has 1 amide bonds. The Labute approximate surface area is 121 Å². The number of nitrogen functional groups attached to an aromatic ring is 1. The topological polar surface area (TPSA) is 84.4 Å². The first kappa shape index (κ1) is 16.3. The van der Waals surface area contributed by atoms with Crippen molar-refractivity contribution in [1.82, 2.24) is 4.90 Å². The Morgan fingerprint density at radius 1 is 1.25 bits per heavy atom. The van der Waals surface area contributed by atoms with E-state index in [1.54, 1.807) is 18.2 Å². The number of amides is 1. The van der Waals surface area contributed by atoms with Crippen LogP contribution in [-0.4, -0.2) is 36.0 Å². The smallest absolute Gasteiger partial charge is 0.248 e. The lowest BCUT2D eigenvalue weighted by Gasteiger charge is -2.30. The zero-order valence-electron chi connectivity index (χ0n) is 12.8. The maximum Gasteiger partial charge on any atom is 0.248 e. The summed E-state index contributed by atoms with van der Waals surface area (Å²) in [6.07, 6.45) is 0. The zero-order valence-corrected chi connectivity index (χ0v) is 12.8. The fourth-order valence-corrected chi connectivity index (χ4v) is 2.31. The van der Waals surface area contributed by atoms with E-state index in [1.165, 1.54) is 0 Å². The molecule has 0 aromatic heterocycles. The van der Waals surface area contributed by atoms with Gasteiger partial charge in [-0.2, -0.15) is 0 Å². The summed E-state index contributed by atoms with van der Waals surface area (Å²) in [5.74, 6) is -0.464. The second-order valence-electron chi connectivity index (χ2n) is 5.52. The number of nitrogens with zero attached hydrogens (tertiary/aromatic N) is 1. The van der Waals surface area contributed by atoms with Crippen molar-refractivity contribution in [2.75, 3.05) is 24.1 Å². The second kappa shape index (κ2) is 7.14. The van der Waals surface area contributed by atoms with Gasteiger partial charge in [-0.05, 0) is 45.9 Å². The van der Waals surface area contributed by atoms with Gasteiger partial charge in [0, 0.05) is 30.7 Å². The standard InChI is InChI=1S/C15H26N4O/c1-10(2)19(11(3)4)8-7-18-14-6-5-12(15(17)20)9-13(14)16/h5-6,9-11,18H,7-8,16H2,1-4H3,(H2,17,20). The first-order valence-electron chi connectivity index (χ1n) is 7.02. The van der Waals surface area contributed by atoms with Gasteiger partial charge in [0.05, 0.1) is 11.4 Å². The molecule has 0 radical (unpaired) electrons. The molecule has 112 valence electrons.